The molecule has 372 valence electrons. The van der Waals surface area contributed by atoms with Crippen molar-refractivity contribution in [1.29, 1.82) is 0 Å². The number of nitrogens with zero attached hydrogens (tertiary/aromatic N) is 6. The van der Waals surface area contributed by atoms with E-state index < -0.39 is 55.0 Å². The summed E-state index contributed by atoms with van der Waals surface area (Å²) in [6.45, 7) is 2.70. The maximum atomic E-state index is 13.8. The van der Waals surface area contributed by atoms with E-state index in [1.807, 2.05) is 0 Å². The molecule has 0 saturated carbocycles. The fraction of sp³-hybridized carbons (Fsp3) is 0.278. The molecule has 1 aromatic rings. The van der Waals surface area contributed by atoms with E-state index in [9.17, 15) is 29.7 Å². The Kier molecular flexibility index (Phi) is 28.3. The van der Waals surface area contributed by atoms with Gasteiger partial charge in [0, 0.05) is 159 Å². The highest BCUT2D eigenvalue weighted by molar-refractivity contribution is 5.46. The van der Waals surface area contributed by atoms with Crippen molar-refractivity contribution < 1.29 is 53.8 Å². The van der Waals surface area contributed by atoms with Gasteiger partial charge in [-0.1, -0.05) is 17.8 Å². The number of rotatable bonds is 12. The molecule has 0 saturated heterocycles. The molecule has 0 fully saturated rings. The molecule has 3 N–H and O–H groups in total. The molecule has 0 radical (unpaired) electrons. The second-order valence-electron chi connectivity index (χ2n) is 12.2. The fourth-order valence-electron chi connectivity index (χ4n) is 4.32. The molecule has 66 heavy (non-hydrogen) atoms. The van der Waals surface area contributed by atoms with Gasteiger partial charge in [0.05, 0.1) is 51.0 Å². The summed E-state index contributed by atoms with van der Waals surface area (Å²) in [6, 6.07) is 7.93. The largest absolute Gasteiger partial charge is 0.390 e. The average Bonchev–Trinajstić information content (AvgIpc) is 3.27. The summed E-state index contributed by atoms with van der Waals surface area (Å²) in [7, 11) is 4.89. The molecule has 0 spiro atoms. The van der Waals surface area contributed by atoms with Crippen LogP contribution in [0.2, 0.25) is 0 Å². The Morgan fingerprint density at radius 3 is 0.909 bits per heavy atom. The summed E-state index contributed by atoms with van der Waals surface area (Å²) >= 11 is 0. The fourth-order valence-corrected chi connectivity index (χ4v) is 4.32. The van der Waals surface area contributed by atoms with E-state index in [-0.39, 0.29) is 58.2 Å². The first-order chi connectivity index (χ1) is 31.9. The zero-order valence-electron chi connectivity index (χ0n) is 36.7. The van der Waals surface area contributed by atoms with Crippen molar-refractivity contribution in [3.63, 3.8) is 0 Å². The van der Waals surface area contributed by atoms with E-state index in [0.717, 1.165) is 4.90 Å². The zero-order valence-corrected chi connectivity index (χ0v) is 36.7. The number of hydrogen-bond acceptors (Lipinski definition) is 9. The number of aromatic nitrogens is 3. The van der Waals surface area contributed by atoms with Gasteiger partial charge in [-0.25, -0.2) is 28.1 Å². The van der Waals surface area contributed by atoms with Crippen molar-refractivity contribution in [2.45, 2.75) is 58.7 Å². The lowest BCUT2D eigenvalue weighted by Crippen LogP contribution is -2.58. The smallest absolute Gasteiger partial charge is 0.336 e. The van der Waals surface area contributed by atoms with Crippen LogP contribution in [0.1, 0.15) is 59.3 Å². The van der Waals surface area contributed by atoms with E-state index in [4.69, 9.17) is 0 Å². The summed E-state index contributed by atoms with van der Waals surface area (Å²) in [6.07, 6.45) is -4.10. The second-order valence-corrected chi connectivity index (χ2v) is 12.2. The van der Waals surface area contributed by atoms with Crippen molar-refractivity contribution in [1.82, 2.24) is 28.4 Å². The lowest BCUT2D eigenvalue weighted by molar-refractivity contribution is 0.105. The average molecular weight is 919 g/mol. The van der Waals surface area contributed by atoms with E-state index in [1.165, 1.54) is 11.9 Å². The molecule has 0 aromatic carbocycles. The predicted molar refractivity (Wildman–Crippen MR) is 309 cm³/mol. The highest BCUT2D eigenvalue weighted by atomic mass is 16.3. The standard InChI is InChI=1S/C54H36N6O6.27H2/c1-7-10-13-16-19-22-25-28-31-34-37-40-56(6)44-50(62)47-59-52(64)58(46-49(61)43-55(4)5)53(65)60(54(59)66)48-51(63)45-57(41-38-35-32-29-26-23-20-17-14-11-8-2)42-39-36-33-30-27-24-21-18-15-12-9-3;;;;;;;;;;;;;;;;;;;;;;;;;;;/h49-51,61-63H,43-48H2,1-6H3;27*1H. The maximum absolute atomic E-state index is 13.8. The van der Waals surface area contributed by atoms with Crippen LogP contribution in [-0.2, 0) is 19.6 Å². The molecule has 12 nitrogen and oxygen atoms in total. The zero-order chi connectivity index (χ0) is 48.6. The van der Waals surface area contributed by atoms with Gasteiger partial charge < -0.3 is 25.1 Å². The molecule has 12 heteroatoms. The molecule has 1 aromatic heterocycles. The summed E-state index contributed by atoms with van der Waals surface area (Å²) in [5, 5.41) is 32.8. The molecule has 0 aliphatic heterocycles. The molecule has 0 aliphatic rings. The molecular formula is C54H90N6O6. The third-order valence-electron chi connectivity index (χ3n) is 6.71. The first kappa shape index (κ1) is 53.9. The Morgan fingerprint density at radius 2 is 0.621 bits per heavy atom. The molecule has 1 rings (SSSR count). The summed E-state index contributed by atoms with van der Waals surface area (Å²) in [4.78, 5) is 45.2. The van der Waals surface area contributed by atoms with Gasteiger partial charge in [-0.3, -0.25) is 4.90 Å². The van der Waals surface area contributed by atoms with Crippen LogP contribution in [0.4, 0.5) is 0 Å². The van der Waals surface area contributed by atoms with Crippen molar-refractivity contribution in [3.05, 3.63) is 31.5 Å². The van der Waals surface area contributed by atoms with Crippen molar-refractivity contribution in [2.75, 3.05) is 40.8 Å². The second kappa shape index (κ2) is 34.6. The number of aliphatic hydroxyl groups is 3. The van der Waals surface area contributed by atoms with Gasteiger partial charge in [-0.2, -0.15) is 0 Å². The highest BCUT2D eigenvalue weighted by Gasteiger charge is 2.22. The van der Waals surface area contributed by atoms with Crippen molar-refractivity contribution >= 4 is 0 Å². The normalized spacial score (nSPS) is 8.82. The van der Waals surface area contributed by atoms with Crippen LogP contribution in [0.15, 0.2) is 14.4 Å². The van der Waals surface area contributed by atoms with Crippen LogP contribution in [0.3, 0.4) is 0 Å². The lowest BCUT2D eigenvalue weighted by Gasteiger charge is -2.22. The molecule has 0 amide bonds. The monoisotopic (exact) mass is 919 g/mol. The summed E-state index contributed by atoms with van der Waals surface area (Å²) in [5.41, 5.74) is -3.34. The van der Waals surface area contributed by atoms with Gasteiger partial charge in [0.2, 0.25) is 0 Å². The summed E-state index contributed by atoms with van der Waals surface area (Å²) < 4.78 is 1.90. The predicted octanol–water partition coefficient (Wildman–Crippen LogP) is 3.69. The minimum absolute atomic E-state index is 0. The molecule has 0 bridgehead atoms. The van der Waals surface area contributed by atoms with Gasteiger partial charge in [0.1, 0.15) is 0 Å². The molecule has 0 aliphatic carbocycles. The Hall–Kier alpha value is -10.1. The van der Waals surface area contributed by atoms with Crippen molar-refractivity contribution in [2.24, 2.45) is 0 Å². The number of likely N-dealkylation sites (N-methyl/N-ethyl adjacent to an activating group) is 2. The minimum atomic E-state index is -1.52. The molecule has 1 heterocycles. The van der Waals surface area contributed by atoms with Crippen LogP contribution in [0.5, 0.6) is 0 Å². The Labute approximate surface area is 427 Å². The Balaban J connectivity index is -0.0000000645. The third kappa shape index (κ3) is 25.5. The van der Waals surface area contributed by atoms with Crippen LogP contribution >= 0.6 is 0 Å². The Bertz CT molecular complexity index is 3360. The topological polar surface area (TPSA) is 136 Å². The van der Waals surface area contributed by atoms with Crippen LogP contribution in [0, 0.1) is 214 Å². The van der Waals surface area contributed by atoms with Gasteiger partial charge in [0.15, 0.2) is 0 Å². The van der Waals surface area contributed by atoms with E-state index in [2.05, 4.69) is 214 Å². The number of hydrogen-bond donors (Lipinski definition) is 3. The molecule has 3 atom stereocenters. The van der Waals surface area contributed by atoms with Crippen LogP contribution in [-0.4, -0.2) is 103 Å². The van der Waals surface area contributed by atoms with Gasteiger partial charge in [0.25, 0.3) is 0 Å². The molecule has 3 unspecified atom stereocenters. The van der Waals surface area contributed by atoms with Crippen LogP contribution in [0.25, 0.3) is 0 Å². The van der Waals surface area contributed by atoms with Crippen LogP contribution < -0.4 is 17.1 Å². The van der Waals surface area contributed by atoms with E-state index >= 15 is 0 Å². The first-order valence-electron chi connectivity index (χ1n) is 18.8. The lowest BCUT2D eigenvalue weighted by atomic mass is 10.3. The van der Waals surface area contributed by atoms with E-state index in [0.29, 0.717) is 13.7 Å². The first-order valence-corrected chi connectivity index (χ1v) is 18.8. The Morgan fingerprint density at radius 1 is 0.379 bits per heavy atom. The SMILES string of the molecule is CC#CC#CC#CC#CC#CC#CN(C)CC(O)Cn1c(=O)n(CC(O)CN(C)C)c(=O)n(CC(O)CN(C#CC#CC#CC#CC#CC#CC)C#CC#CC#CC#CC#CC#CC)c1=O.[HH].[HH].[HH].[HH].[HH].[HH].[HH].[HH].[HH].[HH].[HH].[HH].[HH].[HH].[HH].[HH].[HH].[HH].[HH].[HH].[HH].[HH].[HH].[HH].[HH].[HH].[HH]. The molecular weight excluding hydrogens is 829 g/mol. The van der Waals surface area contributed by atoms with Gasteiger partial charge in [-0.15, -0.1) is 0 Å². The maximum Gasteiger partial charge on any atom is 0.336 e. The number of aliphatic hydroxyl groups excluding tert-OH is 3. The van der Waals surface area contributed by atoms with Gasteiger partial charge in [-0.05, 0) is 124 Å². The van der Waals surface area contributed by atoms with Gasteiger partial charge >= 0.3 is 17.1 Å². The minimum Gasteiger partial charge on any atom is -0.390 e. The summed E-state index contributed by atoms with van der Waals surface area (Å²) in [5.74, 6) is 83.0. The highest BCUT2D eigenvalue weighted by Crippen LogP contribution is 1.96. The van der Waals surface area contributed by atoms with E-state index in [1.54, 1.807) is 39.8 Å². The third-order valence-corrected chi connectivity index (χ3v) is 6.71. The quantitative estimate of drug-likeness (QED) is 0.212. The van der Waals surface area contributed by atoms with Crippen molar-refractivity contribution in [3.8, 4) is 214 Å².